The Morgan fingerprint density at radius 2 is 2.17 bits per heavy atom. The zero-order valence-corrected chi connectivity index (χ0v) is 8.36. The molecule has 1 aliphatic carbocycles. The summed E-state index contributed by atoms with van der Waals surface area (Å²) < 4.78 is 0.229. The van der Waals surface area contributed by atoms with Gasteiger partial charge in [0.1, 0.15) is 0 Å². The smallest absolute Gasteiger partial charge is 0.0739 e. The van der Waals surface area contributed by atoms with Crippen molar-refractivity contribution in [3.05, 3.63) is 0 Å². The Hall–Kier alpha value is 0.270. The van der Waals surface area contributed by atoms with Crippen molar-refractivity contribution < 1.29 is 5.11 Å². The van der Waals surface area contributed by atoms with E-state index in [1.807, 2.05) is 11.8 Å². The molecule has 0 bridgehead atoms. The number of thioether (sulfide) groups is 1. The topological polar surface area (TPSA) is 32.3 Å². The lowest BCUT2D eigenvalue weighted by Crippen LogP contribution is -2.58. The van der Waals surface area contributed by atoms with Gasteiger partial charge in [-0.1, -0.05) is 6.42 Å². The van der Waals surface area contributed by atoms with Crippen LogP contribution in [0, 0.1) is 5.92 Å². The lowest BCUT2D eigenvalue weighted by molar-refractivity contribution is 0.0159. The van der Waals surface area contributed by atoms with E-state index >= 15 is 0 Å². The molecule has 1 heterocycles. The minimum Gasteiger partial charge on any atom is -0.391 e. The molecule has 2 rings (SSSR count). The molecule has 2 nitrogen and oxygen atoms in total. The third-order valence-corrected chi connectivity index (χ3v) is 4.87. The van der Waals surface area contributed by atoms with Gasteiger partial charge in [0.15, 0.2) is 0 Å². The first-order chi connectivity index (χ1) is 5.78. The molecule has 0 radical (unpaired) electrons. The minimum atomic E-state index is -0.0671. The molecular formula is C9H17NOS. The quantitative estimate of drug-likeness (QED) is 0.687. The number of aliphatic hydroxyl groups is 1. The SMILES string of the molecule is CSC1(C(O)C2CNC2)CCC1. The molecule has 0 aromatic heterocycles. The van der Waals surface area contributed by atoms with Crippen molar-refractivity contribution >= 4 is 11.8 Å². The van der Waals surface area contributed by atoms with E-state index in [1.165, 1.54) is 19.3 Å². The van der Waals surface area contributed by atoms with Gasteiger partial charge in [-0.2, -0.15) is 11.8 Å². The zero-order chi connectivity index (χ0) is 8.60. The van der Waals surface area contributed by atoms with Gasteiger partial charge in [0.05, 0.1) is 6.10 Å². The second-order valence-electron chi connectivity index (χ2n) is 3.99. The first-order valence-corrected chi connectivity index (χ1v) is 5.95. The molecule has 0 amide bonds. The van der Waals surface area contributed by atoms with E-state index in [9.17, 15) is 5.11 Å². The minimum absolute atomic E-state index is 0.0671. The molecule has 0 aromatic carbocycles. The van der Waals surface area contributed by atoms with Gasteiger partial charge in [-0.05, 0) is 19.1 Å². The highest BCUT2D eigenvalue weighted by molar-refractivity contribution is 8.00. The molecule has 1 saturated carbocycles. The van der Waals surface area contributed by atoms with Crippen LogP contribution in [-0.2, 0) is 0 Å². The van der Waals surface area contributed by atoms with Crippen molar-refractivity contribution in [3.8, 4) is 0 Å². The summed E-state index contributed by atoms with van der Waals surface area (Å²) >= 11 is 1.87. The fourth-order valence-corrected chi connectivity index (χ4v) is 3.24. The first kappa shape index (κ1) is 8.85. The third kappa shape index (κ3) is 1.19. The van der Waals surface area contributed by atoms with Crippen LogP contribution in [0.4, 0.5) is 0 Å². The Kier molecular flexibility index (Phi) is 2.36. The number of aliphatic hydroxyl groups excluding tert-OH is 1. The van der Waals surface area contributed by atoms with Crippen LogP contribution < -0.4 is 5.32 Å². The zero-order valence-electron chi connectivity index (χ0n) is 7.55. The normalized spacial score (nSPS) is 30.5. The second-order valence-corrected chi connectivity index (χ2v) is 5.21. The molecule has 0 spiro atoms. The van der Waals surface area contributed by atoms with Crippen molar-refractivity contribution in [2.24, 2.45) is 5.92 Å². The number of nitrogens with one attached hydrogen (secondary N) is 1. The van der Waals surface area contributed by atoms with Gasteiger partial charge in [0.25, 0.3) is 0 Å². The molecule has 2 aliphatic rings. The van der Waals surface area contributed by atoms with Crippen molar-refractivity contribution in [2.45, 2.75) is 30.1 Å². The maximum atomic E-state index is 10.1. The monoisotopic (exact) mass is 187 g/mol. The van der Waals surface area contributed by atoms with Crippen LogP contribution in [0.25, 0.3) is 0 Å². The second kappa shape index (κ2) is 3.20. The van der Waals surface area contributed by atoms with Gasteiger partial charge in [-0.25, -0.2) is 0 Å². The maximum absolute atomic E-state index is 10.1. The molecule has 70 valence electrons. The molecular weight excluding hydrogens is 170 g/mol. The van der Waals surface area contributed by atoms with Crippen molar-refractivity contribution in [3.63, 3.8) is 0 Å². The van der Waals surface area contributed by atoms with Gasteiger partial charge >= 0.3 is 0 Å². The summed E-state index contributed by atoms with van der Waals surface area (Å²) in [7, 11) is 0. The summed E-state index contributed by atoms with van der Waals surface area (Å²) in [6, 6.07) is 0. The fraction of sp³-hybridized carbons (Fsp3) is 1.00. The van der Waals surface area contributed by atoms with Gasteiger partial charge in [-0.3, -0.25) is 0 Å². The number of hydrogen-bond donors (Lipinski definition) is 2. The van der Waals surface area contributed by atoms with Gasteiger partial charge in [-0.15, -0.1) is 0 Å². The Bertz CT molecular complexity index is 160. The Morgan fingerprint density at radius 3 is 2.42 bits per heavy atom. The average molecular weight is 187 g/mol. The summed E-state index contributed by atoms with van der Waals surface area (Å²) in [5.74, 6) is 0.526. The molecule has 2 fully saturated rings. The lowest BCUT2D eigenvalue weighted by atomic mass is 9.74. The average Bonchev–Trinajstić information content (AvgIpc) is 1.81. The predicted octanol–water partition coefficient (Wildman–Crippen LogP) is 0.852. The molecule has 1 saturated heterocycles. The molecule has 1 aliphatic heterocycles. The van der Waals surface area contributed by atoms with E-state index in [1.54, 1.807) is 0 Å². The standard InChI is InChI=1S/C9H17NOS/c1-12-9(3-2-4-9)8(11)7-5-10-6-7/h7-8,10-11H,2-6H2,1H3. The van der Waals surface area contributed by atoms with Crippen molar-refractivity contribution in [2.75, 3.05) is 19.3 Å². The molecule has 0 aromatic rings. The van der Waals surface area contributed by atoms with Gasteiger partial charge in [0, 0.05) is 23.8 Å². The number of rotatable bonds is 3. The molecule has 3 heteroatoms. The molecule has 12 heavy (non-hydrogen) atoms. The van der Waals surface area contributed by atoms with Crippen LogP contribution in [-0.4, -0.2) is 35.3 Å². The van der Waals surface area contributed by atoms with Crippen LogP contribution in [0.1, 0.15) is 19.3 Å². The number of hydrogen-bond acceptors (Lipinski definition) is 3. The van der Waals surface area contributed by atoms with Crippen LogP contribution in [0.2, 0.25) is 0 Å². The van der Waals surface area contributed by atoms with E-state index in [0.717, 1.165) is 13.1 Å². The van der Waals surface area contributed by atoms with Crippen LogP contribution in [0.15, 0.2) is 0 Å². The van der Waals surface area contributed by atoms with Gasteiger partial charge < -0.3 is 10.4 Å². The van der Waals surface area contributed by atoms with Crippen LogP contribution in [0.3, 0.4) is 0 Å². The third-order valence-electron chi connectivity index (χ3n) is 3.41. The summed E-state index contributed by atoms with van der Waals surface area (Å²) in [6.07, 6.45) is 5.80. The highest BCUT2D eigenvalue weighted by atomic mass is 32.2. The van der Waals surface area contributed by atoms with E-state index in [0.29, 0.717) is 5.92 Å². The summed E-state index contributed by atoms with van der Waals surface area (Å²) in [5.41, 5.74) is 0. The summed E-state index contributed by atoms with van der Waals surface area (Å²) in [4.78, 5) is 0. The van der Waals surface area contributed by atoms with Crippen molar-refractivity contribution in [1.82, 2.24) is 5.32 Å². The highest BCUT2D eigenvalue weighted by Crippen LogP contribution is 2.47. The fourth-order valence-electron chi connectivity index (χ4n) is 2.11. The maximum Gasteiger partial charge on any atom is 0.0739 e. The first-order valence-electron chi connectivity index (χ1n) is 4.72. The van der Waals surface area contributed by atoms with E-state index in [2.05, 4.69) is 11.6 Å². The lowest BCUT2D eigenvalue weighted by Gasteiger charge is -2.49. The van der Waals surface area contributed by atoms with Gasteiger partial charge in [0.2, 0.25) is 0 Å². The Balaban J connectivity index is 1.95. The Morgan fingerprint density at radius 1 is 1.50 bits per heavy atom. The van der Waals surface area contributed by atoms with Crippen molar-refractivity contribution in [1.29, 1.82) is 0 Å². The molecule has 1 atom stereocenters. The highest BCUT2D eigenvalue weighted by Gasteiger charge is 2.47. The molecule has 2 N–H and O–H groups in total. The largest absolute Gasteiger partial charge is 0.391 e. The van der Waals surface area contributed by atoms with E-state index in [4.69, 9.17) is 0 Å². The summed E-state index contributed by atoms with van der Waals surface area (Å²) in [6.45, 7) is 2.03. The summed E-state index contributed by atoms with van der Waals surface area (Å²) in [5, 5.41) is 13.3. The van der Waals surface area contributed by atoms with E-state index < -0.39 is 0 Å². The van der Waals surface area contributed by atoms with Crippen LogP contribution >= 0.6 is 11.8 Å². The molecule has 1 unspecified atom stereocenters. The Labute approximate surface area is 78.1 Å². The predicted molar refractivity (Wildman–Crippen MR) is 52.5 cm³/mol. The van der Waals surface area contributed by atoms with Crippen LogP contribution in [0.5, 0.6) is 0 Å². The van der Waals surface area contributed by atoms with E-state index in [-0.39, 0.29) is 10.9 Å².